The van der Waals surface area contributed by atoms with Gasteiger partial charge >= 0.3 is 0 Å². The number of benzene rings is 1. The topological polar surface area (TPSA) is 20.3 Å². The molecular formula is C14H16BrClINO. The summed E-state index contributed by atoms with van der Waals surface area (Å²) in [6, 6.07) is 5.98. The van der Waals surface area contributed by atoms with Gasteiger partial charge in [0.1, 0.15) is 0 Å². The molecule has 0 atom stereocenters. The molecule has 2 nitrogen and oxygen atoms in total. The van der Waals surface area contributed by atoms with Gasteiger partial charge in [-0.25, -0.2) is 0 Å². The van der Waals surface area contributed by atoms with E-state index in [0.29, 0.717) is 16.6 Å². The van der Waals surface area contributed by atoms with Gasteiger partial charge in [0.2, 0.25) is 0 Å². The Bertz CT molecular complexity index is 465. The molecule has 1 saturated carbocycles. The first-order valence-electron chi connectivity index (χ1n) is 6.45. The molecule has 104 valence electrons. The number of hydrogen-bond donors (Lipinski definition) is 0. The number of amides is 1. The summed E-state index contributed by atoms with van der Waals surface area (Å²) in [5.41, 5.74) is 0.701. The fourth-order valence-corrected chi connectivity index (χ4v) is 2.94. The van der Waals surface area contributed by atoms with E-state index in [1.165, 1.54) is 6.42 Å². The number of hydrogen-bond acceptors (Lipinski definition) is 1. The van der Waals surface area contributed by atoms with Gasteiger partial charge in [-0.2, -0.15) is 0 Å². The smallest absolute Gasteiger partial charge is 0.254 e. The molecule has 0 aliphatic heterocycles. The van der Waals surface area contributed by atoms with E-state index < -0.39 is 0 Å². The highest BCUT2D eigenvalue weighted by atomic mass is 127. The van der Waals surface area contributed by atoms with E-state index in [9.17, 15) is 4.79 Å². The van der Waals surface area contributed by atoms with Crippen molar-refractivity contribution in [2.45, 2.75) is 31.7 Å². The van der Waals surface area contributed by atoms with Crippen LogP contribution in [-0.4, -0.2) is 28.7 Å². The van der Waals surface area contributed by atoms with Crippen molar-refractivity contribution in [3.63, 3.8) is 0 Å². The van der Waals surface area contributed by atoms with Crippen LogP contribution in [0, 0.1) is 3.57 Å². The molecule has 0 spiro atoms. The minimum Gasteiger partial charge on any atom is -0.336 e. The minimum atomic E-state index is 0.115. The second-order valence-electron chi connectivity index (χ2n) is 4.75. The van der Waals surface area contributed by atoms with Gasteiger partial charge in [-0.1, -0.05) is 27.5 Å². The molecular weight excluding hydrogens is 440 g/mol. The largest absolute Gasteiger partial charge is 0.336 e. The zero-order valence-electron chi connectivity index (χ0n) is 10.5. The van der Waals surface area contributed by atoms with E-state index in [1.54, 1.807) is 6.07 Å². The van der Waals surface area contributed by atoms with E-state index in [-0.39, 0.29) is 5.91 Å². The number of nitrogens with zero attached hydrogens (tertiary/aromatic N) is 1. The Morgan fingerprint density at radius 3 is 2.74 bits per heavy atom. The van der Waals surface area contributed by atoms with Gasteiger partial charge in [-0.3, -0.25) is 4.79 Å². The highest BCUT2D eigenvalue weighted by molar-refractivity contribution is 14.1. The molecule has 0 unspecified atom stereocenters. The summed E-state index contributed by atoms with van der Waals surface area (Å²) in [4.78, 5) is 14.6. The number of alkyl halides is 1. The van der Waals surface area contributed by atoms with Crippen LogP contribution in [0.25, 0.3) is 0 Å². The second-order valence-corrected chi connectivity index (χ2v) is 7.12. The van der Waals surface area contributed by atoms with Crippen molar-refractivity contribution in [1.82, 2.24) is 4.90 Å². The molecule has 0 radical (unpaired) electrons. The van der Waals surface area contributed by atoms with Crippen molar-refractivity contribution in [2.24, 2.45) is 0 Å². The molecule has 1 amide bonds. The van der Waals surface area contributed by atoms with Crippen molar-refractivity contribution < 1.29 is 4.79 Å². The van der Waals surface area contributed by atoms with Gasteiger partial charge in [0, 0.05) is 27.1 Å². The fourth-order valence-electron chi connectivity index (χ4n) is 2.17. The summed E-state index contributed by atoms with van der Waals surface area (Å²) in [6.07, 6.45) is 4.48. The maximum Gasteiger partial charge on any atom is 0.254 e. The molecule has 0 bridgehead atoms. The lowest BCUT2D eigenvalue weighted by molar-refractivity contribution is 0.0581. The summed E-state index contributed by atoms with van der Waals surface area (Å²) in [7, 11) is 0. The molecule has 0 heterocycles. The lowest BCUT2D eigenvalue weighted by atomic mass is 9.91. The molecule has 5 heteroatoms. The van der Waals surface area contributed by atoms with Crippen LogP contribution in [0.15, 0.2) is 18.2 Å². The average Bonchev–Trinajstić information content (AvgIpc) is 2.34. The Morgan fingerprint density at radius 2 is 2.21 bits per heavy atom. The van der Waals surface area contributed by atoms with Gasteiger partial charge in [0.15, 0.2) is 0 Å². The first kappa shape index (κ1) is 15.6. The van der Waals surface area contributed by atoms with E-state index in [1.807, 2.05) is 17.0 Å². The van der Waals surface area contributed by atoms with E-state index in [4.69, 9.17) is 11.6 Å². The minimum absolute atomic E-state index is 0.115. The highest BCUT2D eigenvalue weighted by Crippen LogP contribution is 2.27. The Kier molecular flexibility index (Phi) is 5.96. The Morgan fingerprint density at radius 1 is 1.47 bits per heavy atom. The van der Waals surface area contributed by atoms with Crippen molar-refractivity contribution in [2.75, 3.05) is 11.9 Å². The highest BCUT2D eigenvalue weighted by Gasteiger charge is 2.29. The maximum absolute atomic E-state index is 12.6. The van der Waals surface area contributed by atoms with Crippen molar-refractivity contribution in [3.8, 4) is 0 Å². The quantitative estimate of drug-likeness (QED) is 0.464. The lowest BCUT2D eigenvalue weighted by Crippen LogP contribution is -2.44. The summed E-state index contributed by atoms with van der Waals surface area (Å²) in [5.74, 6) is 0.115. The first-order chi connectivity index (χ1) is 9.13. The van der Waals surface area contributed by atoms with Crippen molar-refractivity contribution in [3.05, 3.63) is 32.4 Å². The van der Waals surface area contributed by atoms with E-state index >= 15 is 0 Å². The van der Waals surface area contributed by atoms with E-state index in [2.05, 4.69) is 38.5 Å². The van der Waals surface area contributed by atoms with Crippen LogP contribution in [0.2, 0.25) is 5.02 Å². The molecule has 2 rings (SSSR count). The molecule has 1 aliphatic rings. The monoisotopic (exact) mass is 455 g/mol. The predicted molar refractivity (Wildman–Crippen MR) is 91.3 cm³/mol. The van der Waals surface area contributed by atoms with Crippen LogP contribution < -0.4 is 0 Å². The Hall–Kier alpha value is 0.190. The summed E-state index contributed by atoms with van der Waals surface area (Å²) >= 11 is 11.7. The number of rotatable bonds is 5. The second kappa shape index (κ2) is 7.27. The average molecular weight is 457 g/mol. The van der Waals surface area contributed by atoms with Crippen LogP contribution in [-0.2, 0) is 0 Å². The molecule has 0 aromatic heterocycles. The Balaban J connectivity index is 2.15. The SMILES string of the molecule is O=C(c1ccc(I)c(Cl)c1)N(CCCBr)C1CCC1. The molecule has 1 aliphatic carbocycles. The zero-order chi connectivity index (χ0) is 13.8. The third-order valence-electron chi connectivity index (χ3n) is 3.48. The van der Waals surface area contributed by atoms with Gasteiger partial charge in [-0.15, -0.1) is 0 Å². The molecule has 1 aromatic carbocycles. The van der Waals surface area contributed by atoms with Crippen molar-refractivity contribution >= 4 is 56.0 Å². The standard InChI is InChI=1S/C14H16BrClINO/c15-7-2-8-18(11-3-1-4-11)14(19)10-5-6-13(17)12(16)9-10/h5-6,9,11H,1-4,7-8H2. The molecule has 1 aromatic rings. The van der Waals surface area contributed by atoms with Crippen LogP contribution in [0.5, 0.6) is 0 Å². The fraction of sp³-hybridized carbons (Fsp3) is 0.500. The first-order valence-corrected chi connectivity index (χ1v) is 9.03. The third-order valence-corrected chi connectivity index (χ3v) is 5.61. The Labute approximate surface area is 141 Å². The number of halogens is 3. The third kappa shape index (κ3) is 3.85. The van der Waals surface area contributed by atoms with Gasteiger partial charge in [-0.05, 0) is 66.5 Å². The van der Waals surface area contributed by atoms with Crippen LogP contribution in [0.3, 0.4) is 0 Å². The maximum atomic E-state index is 12.6. The van der Waals surface area contributed by atoms with Gasteiger partial charge < -0.3 is 4.90 Å². The zero-order valence-corrected chi connectivity index (χ0v) is 15.0. The lowest BCUT2D eigenvalue weighted by Gasteiger charge is -2.37. The van der Waals surface area contributed by atoms with Crippen LogP contribution >= 0.6 is 50.1 Å². The summed E-state index contributed by atoms with van der Waals surface area (Å²) in [5, 5.41) is 1.58. The van der Waals surface area contributed by atoms with Crippen molar-refractivity contribution in [1.29, 1.82) is 0 Å². The van der Waals surface area contributed by atoms with Gasteiger partial charge in [0.05, 0.1) is 5.02 Å². The normalized spacial score (nSPS) is 15.1. The van der Waals surface area contributed by atoms with E-state index in [0.717, 1.165) is 34.7 Å². The summed E-state index contributed by atoms with van der Waals surface area (Å²) in [6.45, 7) is 0.818. The summed E-state index contributed by atoms with van der Waals surface area (Å²) < 4.78 is 0.978. The number of carbonyl (C=O) groups is 1. The molecule has 19 heavy (non-hydrogen) atoms. The van der Waals surface area contributed by atoms with Crippen LogP contribution in [0.1, 0.15) is 36.0 Å². The van der Waals surface area contributed by atoms with Gasteiger partial charge in [0.25, 0.3) is 5.91 Å². The predicted octanol–water partition coefficient (Wildman–Crippen LogP) is 4.72. The molecule has 0 saturated heterocycles. The number of carbonyl (C=O) groups excluding carboxylic acids is 1. The van der Waals surface area contributed by atoms with Crippen LogP contribution in [0.4, 0.5) is 0 Å². The molecule has 0 N–H and O–H groups in total. The molecule has 1 fully saturated rings.